The summed E-state index contributed by atoms with van der Waals surface area (Å²) in [6.45, 7) is 14.8. The highest BCUT2D eigenvalue weighted by Gasteiger charge is 2.22. The highest BCUT2D eigenvalue weighted by Crippen LogP contribution is 2.34. The third-order valence-electron chi connectivity index (χ3n) is 5.61. The molecule has 3 aromatic rings. The van der Waals surface area contributed by atoms with Crippen LogP contribution in [0.25, 0.3) is 21.3 Å². The number of carbonyl (C=O) groups is 1. The number of benzene rings is 2. The number of thiazole rings is 1. The molecule has 3 rings (SSSR count). The van der Waals surface area contributed by atoms with Gasteiger partial charge in [0, 0.05) is 25.2 Å². The SMILES string of the molecule is CCN(CC)CCN(CC)C(=O)c1sc(-c2ccc(C)c3ccccc23)nc1C. The highest BCUT2D eigenvalue weighted by atomic mass is 32.1. The number of fused-ring (bicyclic) bond motifs is 1. The summed E-state index contributed by atoms with van der Waals surface area (Å²) in [5.41, 5.74) is 3.17. The Labute approximate surface area is 178 Å². The smallest absolute Gasteiger partial charge is 0.265 e. The van der Waals surface area contributed by atoms with Gasteiger partial charge in [0.15, 0.2) is 0 Å². The van der Waals surface area contributed by atoms with Crippen LogP contribution in [0, 0.1) is 13.8 Å². The third kappa shape index (κ3) is 4.51. The molecule has 1 amide bonds. The maximum Gasteiger partial charge on any atom is 0.265 e. The first-order valence-corrected chi connectivity index (χ1v) is 11.3. The number of nitrogens with zero attached hydrogens (tertiary/aromatic N) is 3. The molecule has 2 aromatic carbocycles. The fourth-order valence-corrected chi connectivity index (χ4v) is 4.77. The summed E-state index contributed by atoms with van der Waals surface area (Å²) in [7, 11) is 0. The third-order valence-corrected chi connectivity index (χ3v) is 6.79. The van der Waals surface area contributed by atoms with Gasteiger partial charge < -0.3 is 9.80 Å². The number of carbonyl (C=O) groups excluding carboxylic acids is 1. The van der Waals surface area contributed by atoms with E-state index in [0.717, 1.165) is 47.3 Å². The Morgan fingerprint density at radius 2 is 1.62 bits per heavy atom. The van der Waals surface area contributed by atoms with Gasteiger partial charge in [-0.1, -0.05) is 50.2 Å². The average molecular weight is 410 g/mol. The van der Waals surface area contributed by atoms with Crippen molar-refractivity contribution in [3.8, 4) is 10.6 Å². The molecular weight excluding hydrogens is 378 g/mol. The predicted molar refractivity (Wildman–Crippen MR) is 124 cm³/mol. The van der Waals surface area contributed by atoms with E-state index in [9.17, 15) is 4.79 Å². The zero-order valence-electron chi connectivity index (χ0n) is 18.2. The zero-order valence-corrected chi connectivity index (χ0v) is 19.0. The molecule has 5 heteroatoms. The first-order valence-electron chi connectivity index (χ1n) is 10.5. The van der Waals surface area contributed by atoms with Gasteiger partial charge in [-0.2, -0.15) is 0 Å². The molecule has 0 saturated carbocycles. The molecule has 29 heavy (non-hydrogen) atoms. The summed E-state index contributed by atoms with van der Waals surface area (Å²) in [6, 6.07) is 12.7. The summed E-state index contributed by atoms with van der Waals surface area (Å²) in [4.78, 5) is 23.1. The quantitative estimate of drug-likeness (QED) is 0.501. The summed E-state index contributed by atoms with van der Waals surface area (Å²) in [6.07, 6.45) is 0. The molecule has 154 valence electrons. The molecule has 1 heterocycles. The number of hydrogen-bond acceptors (Lipinski definition) is 4. The molecule has 0 unspecified atom stereocenters. The zero-order chi connectivity index (χ0) is 21.0. The molecule has 0 N–H and O–H groups in total. The topological polar surface area (TPSA) is 36.4 Å². The van der Waals surface area contributed by atoms with E-state index in [2.05, 4.69) is 62.1 Å². The van der Waals surface area contributed by atoms with E-state index >= 15 is 0 Å². The molecule has 0 aliphatic carbocycles. The van der Waals surface area contributed by atoms with Crippen LogP contribution in [0.2, 0.25) is 0 Å². The van der Waals surface area contributed by atoms with E-state index in [1.54, 1.807) is 0 Å². The van der Waals surface area contributed by atoms with Crippen LogP contribution in [0.1, 0.15) is 41.7 Å². The number of rotatable bonds is 8. The minimum absolute atomic E-state index is 0.0947. The summed E-state index contributed by atoms with van der Waals surface area (Å²) >= 11 is 1.51. The van der Waals surface area contributed by atoms with Gasteiger partial charge in [0.25, 0.3) is 5.91 Å². The van der Waals surface area contributed by atoms with Crippen LogP contribution in [0.5, 0.6) is 0 Å². The van der Waals surface area contributed by atoms with Gasteiger partial charge in [0.1, 0.15) is 9.88 Å². The first-order chi connectivity index (χ1) is 14.0. The van der Waals surface area contributed by atoms with E-state index in [0.29, 0.717) is 6.54 Å². The molecule has 0 radical (unpaired) electrons. The van der Waals surface area contributed by atoms with Crippen molar-refractivity contribution in [3.05, 3.63) is 52.5 Å². The Kier molecular flexibility index (Phi) is 7.04. The van der Waals surface area contributed by atoms with E-state index in [4.69, 9.17) is 4.98 Å². The molecule has 0 aliphatic rings. The number of aryl methyl sites for hydroxylation is 2. The van der Waals surface area contributed by atoms with Crippen molar-refractivity contribution < 1.29 is 4.79 Å². The van der Waals surface area contributed by atoms with Gasteiger partial charge >= 0.3 is 0 Å². The monoisotopic (exact) mass is 409 g/mol. The first kappa shape index (κ1) is 21.5. The van der Waals surface area contributed by atoms with Crippen LogP contribution < -0.4 is 0 Å². The van der Waals surface area contributed by atoms with Gasteiger partial charge in [0.05, 0.1) is 5.69 Å². The maximum absolute atomic E-state index is 13.2. The second-order valence-corrected chi connectivity index (χ2v) is 8.32. The Hall–Kier alpha value is -2.24. The largest absolute Gasteiger partial charge is 0.337 e. The van der Waals surface area contributed by atoms with E-state index in [1.165, 1.54) is 27.7 Å². The number of likely N-dealkylation sites (N-methyl/N-ethyl adjacent to an activating group) is 2. The van der Waals surface area contributed by atoms with Crippen molar-refractivity contribution in [2.75, 3.05) is 32.7 Å². The molecule has 0 bridgehead atoms. The van der Waals surface area contributed by atoms with Crippen molar-refractivity contribution in [2.24, 2.45) is 0 Å². The lowest BCUT2D eigenvalue weighted by atomic mass is 10.0. The van der Waals surface area contributed by atoms with E-state index in [1.807, 2.05) is 18.7 Å². The van der Waals surface area contributed by atoms with E-state index in [-0.39, 0.29) is 5.91 Å². The molecule has 0 spiro atoms. The van der Waals surface area contributed by atoms with E-state index < -0.39 is 0 Å². The Bertz CT molecular complexity index is 991. The molecule has 0 aliphatic heterocycles. The maximum atomic E-state index is 13.2. The summed E-state index contributed by atoms with van der Waals surface area (Å²) in [5, 5.41) is 3.34. The lowest BCUT2D eigenvalue weighted by Crippen LogP contribution is -2.38. The second-order valence-electron chi connectivity index (χ2n) is 7.32. The average Bonchev–Trinajstić information content (AvgIpc) is 3.13. The van der Waals surface area contributed by atoms with Crippen molar-refractivity contribution in [1.29, 1.82) is 0 Å². The molecule has 0 fully saturated rings. The van der Waals surface area contributed by atoms with Crippen LogP contribution in [0.15, 0.2) is 36.4 Å². The molecule has 4 nitrogen and oxygen atoms in total. The fourth-order valence-electron chi connectivity index (χ4n) is 3.70. The number of amides is 1. The fraction of sp³-hybridized carbons (Fsp3) is 0.417. The molecule has 0 saturated heterocycles. The van der Waals surface area contributed by atoms with Crippen LogP contribution in [-0.2, 0) is 0 Å². The highest BCUT2D eigenvalue weighted by molar-refractivity contribution is 7.17. The van der Waals surface area contributed by atoms with Gasteiger partial charge in [-0.3, -0.25) is 4.79 Å². The van der Waals surface area contributed by atoms with Crippen LogP contribution in [0.4, 0.5) is 0 Å². The van der Waals surface area contributed by atoms with Gasteiger partial charge in [0.2, 0.25) is 0 Å². The van der Waals surface area contributed by atoms with Gasteiger partial charge in [-0.25, -0.2) is 4.98 Å². The molecule has 0 atom stereocenters. The number of aromatic nitrogens is 1. The Morgan fingerprint density at radius 1 is 0.931 bits per heavy atom. The minimum Gasteiger partial charge on any atom is -0.337 e. The summed E-state index contributed by atoms with van der Waals surface area (Å²) in [5.74, 6) is 0.0947. The number of hydrogen-bond donors (Lipinski definition) is 0. The predicted octanol–water partition coefficient (Wildman–Crippen LogP) is 5.38. The van der Waals surface area contributed by atoms with Crippen molar-refractivity contribution in [2.45, 2.75) is 34.6 Å². The van der Waals surface area contributed by atoms with Crippen LogP contribution in [0.3, 0.4) is 0 Å². The lowest BCUT2D eigenvalue weighted by molar-refractivity contribution is 0.0750. The van der Waals surface area contributed by atoms with Crippen LogP contribution >= 0.6 is 11.3 Å². The van der Waals surface area contributed by atoms with Gasteiger partial charge in [-0.05, 0) is 50.2 Å². The minimum atomic E-state index is 0.0947. The van der Waals surface area contributed by atoms with Crippen LogP contribution in [-0.4, -0.2) is 53.4 Å². The lowest BCUT2D eigenvalue weighted by Gasteiger charge is -2.25. The van der Waals surface area contributed by atoms with Crippen molar-refractivity contribution in [3.63, 3.8) is 0 Å². The second kappa shape index (κ2) is 9.51. The molecule has 1 aromatic heterocycles. The van der Waals surface area contributed by atoms with Gasteiger partial charge in [-0.15, -0.1) is 11.3 Å². The standard InChI is InChI=1S/C24H31N3OS/c1-6-26(7-2)15-16-27(8-3)24(28)22-18(5)25-23(29-22)21-14-13-17(4)19-11-9-10-12-20(19)21/h9-14H,6-8,15-16H2,1-5H3. The normalized spacial score (nSPS) is 11.4. The Morgan fingerprint density at radius 3 is 2.28 bits per heavy atom. The van der Waals surface area contributed by atoms with Crippen molar-refractivity contribution >= 4 is 28.0 Å². The summed E-state index contributed by atoms with van der Waals surface area (Å²) < 4.78 is 0. The van der Waals surface area contributed by atoms with Crippen molar-refractivity contribution in [1.82, 2.24) is 14.8 Å². The Balaban J connectivity index is 1.90. The molecular formula is C24H31N3OS.